The van der Waals surface area contributed by atoms with Gasteiger partial charge in [0.05, 0.1) is 28.9 Å². The molecule has 0 amide bonds. The first-order chi connectivity index (χ1) is 24.1. The lowest BCUT2D eigenvalue weighted by molar-refractivity contribution is 0.308. The molecule has 6 heteroatoms. The fourth-order valence-electron chi connectivity index (χ4n) is 8.03. The van der Waals surface area contributed by atoms with Gasteiger partial charge in [-0.05, 0) is 103 Å². The van der Waals surface area contributed by atoms with E-state index in [1.807, 2.05) is 0 Å². The maximum Gasteiger partial charge on any atom is 0.127 e. The number of nitrogens with one attached hydrogen (secondary N) is 1. The number of rotatable bonds is 11. The second kappa shape index (κ2) is 16.9. The lowest BCUT2D eigenvalue weighted by atomic mass is 9.77. The van der Waals surface area contributed by atoms with Gasteiger partial charge in [-0.3, -0.25) is 0 Å². The molecular formula is C45H66NO3PS. The summed E-state index contributed by atoms with van der Waals surface area (Å²) in [4.78, 5) is 0. The number of ether oxygens (including phenoxy) is 2. The third kappa shape index (κ3) is 9.87. The molecule has 0 heterocycles. The zero-order valence-electron chi connectivity index (χ0n) is 33.4. The lowest BCUT2D eigenvalue weighted by Crippen LogP contribution is -2.39. The van der Waals surface area contributed by atoms with Crippen molar-refractivity contribution >= 4 is 24.2 Å². The molecule has 280 valence electrons. The summed E-state index contributed by atoms with van der Waals surface area (Å²) in [5.41, 5.74) is 6.97. The summed E-state index contributed by atoms with van der Waals surface area (Å²) in [5.74, 6) is 1.98. The van der Waals surface area contributed by atoms with E-state index in [1.54, 1.807) is 7.11 Å². The van der Waals surface area contributed by atoms with E-state index in [4.69, 9.17) is 9.47 Å². The molecule has 51 heavy (non-hydrogen) atoms. The van der Waals surface area contributed by atoms with Gasteiger partial charge in [0.2, 0.25) is 0 Å². The Bertz CT molecular complexity index is 1550. The van der Waals surface area contributed by atoms with Crippen LogP contribution < -0.4 is 19.5 Å². The standard InChI is InChI=1S/C45H66NO3PS/c1-43(2,3)37-29-33(30-38(41(37)48-10)44(4,5)6)40(46-51(47)45(7,8)9)36-27-20-28-39(49-31-32-21-14-11-15-22-32)42(36)50(34-23-16-12-17-24-34)35-25-18-13-19-26-35/h11,14-15,20-22,27-30,34-35,40,46H,12-13,16-19,23-26,31H2,1-10H3. The first-order valence-corrected chi connectivity index (χ1v) is 22.2. The number of methoxy groups -OCH3 is 1. The predicted octanol–water partition coefficient (Wildman–Crippen LogP) is 11.8. The molecule has 0 bridgehead atoms. The Hall–Kier alpha value is -2.20. The van der Waals surface area contributed by atoms with Gasteiger partial charge >= 0.3 is 0 Å². The minimum Gasteiger partial charge on any atom is -0.496 e. The molecule has 2 aliphatic rings. The molecule has 2 saturated carbocycles. The Morgan fingerprint density at radius 2 is 1.27 bits per heavy atom. The molecule has 2 fully saturated rings. The Kier molecular flexibility index (Phi) is 13.2. The first-order valence-electron chi connectivity index (χ1n) is 19.6. The van der Waals surface area contributed by atoms with Crippen molar-refractivity contribution in [2.75, 3.05) is 7.11 Å². The highest BCUT2D eigenvalue weighted by molar-refractivity contribution is 7.84. The van der Waals surface area contributed by atoms with Crippen molar-refractivity contribution in [2.45, 2.75) is 166 Å². The number of hydrogen-bond donors (Lipinski definition) is 1. The lowest BCUT2D eigenvalue weighted by Gasteiger charge is -2.41. The monoisotopic (exact) mass is 731 g/mol. The molecule has 2 aliphatic carbocycles. The Balaban J connectivity index is 1.80. The van der Waals surface area contributed by atoms with Gasteiger partial charge in [-0.1, -0.05) is 130 Å². The highest BCUT2D eigenvalue weighted by Crippen LogP contribution is 2.58. The number of benzene rings is 3. The average Bonchev–Trinajstić information content (AvgIpc) is 3.09. The zero-order chi connectivity index (χ0) is 37.0. The van der Waals surface area contributed by atoms with E-state index in [9.17, 15) is 4.21 Å². The summed E-state index contributed by atoms with van der Waals surface area (Å²) in [6.45, 7) is 20.4. The molecule has 0 aliphatic heterocycles. The average molecular weight is 732 g/mol. The van der Waals surface area contributed by atoms with Gasteiger partial charge < -0.3 is 9.47 Å². The molecule has 0 saturated heterocycles. The maximum absolute atomic E-state index is 14.3. The van der Waals surface area contributed by atoms with Crippen molar-refractivity contribution in [1.82, 2.24) is 4.72 Å². The Morgan fingerprint density at radius 1 is 0.745 bits per heavy atom. The second-order valence-corrected chi connectivity index (χ2v) is 22.8. The fourth-order valence-corrected chi connectivity index (χ4v) is 12.9. The van der Waals surface area contributed by atoms with Crippen molar-refractivity contribution in [1.29, 1.82) is 0 Å². The van der Waals surface area contributed by atoms with Gasteiger partial charge in [-0.2, -0.15) is 0 Å². The van der Waals surface area contributed by atoms with Gasteiger partial charge in [0.1, 0.15) is 18.1 Å². The van der Waals surface area contributed by atoms with Crippen LogP contribution in [-0.4, -0.2) is 27.4 Å². The van der Waals surface area contributed by atoms with Crippen LogP contribution in [0.5, 0.6) is 11.5 Å². The molecule has 2 unspecified atom stereocenters. The van der Waals surface area contributed by atoms with Gasteiger partial charge in [0.15, 0.2) is 0 Å². The van der Waals surface area contributed by atoms with Crippen LogP contribution in [0.4, 0.5) is 0 Å². The smallest absolute Gasteiger partial charge is 0.127 e. The van der Waals surface area contributed by atoms with Crippen molar-refractivity contribution in [3.8, 4) is 11.5 Å². The summed E-state index contributed by atoms with van der Waals surface area (Å²) in [6, 6.07) is 21.7. The molecule has 5 rings (SSSR count). The summed E-state index contributed by atoms with van der Waals surface area (Å²) >= 11 is 0. The molecular weight excluding hydrogens is 666 g/mol. The summed E-state index contributed by atoms with van der Waals surface area (Å²) in [5, 5.41) is 1.41. The Labute approximate surface area is 314 Å². The topological polar surface area (TPSA) is 47.6 Å². The molecule has 1 N–H and O–H groups in total. The van der Waals surface area contributed by atoms with E-state index >= 15 is 0 Å². The van der Waals surface area contributed by atoms with E-state index in [0.717, 1.165) is 17.1 Å². The van der Waals surface area contributed by atoms with E-state index < -0.39 is 23.7 Å². The minimum absolute atomic E-state index is 0.157. The molecule has 0 spiro atoms. The SMILES string of the molecule is COc1c(C(C)(C)C)cc(C(NS(=O)C(C)(C)C)c2cccc(OCc3ccccc3)c2P(C2CCCCC2)C2CCCCC2)cc1C(C)(C)C. The van der Waals surface area contributed by atoms with E-state index in [1.165, 1.54) is 91.8 Å². The van der Waals surface area contributed by atoms with E-state index in [-0.39, 0.29) is 16.9 Å². The summed E-state index contributed by atoms with van der Waals surface area (Å²) < 4.78 is 30.9. The minimum atomic E-state index is -1.32. The third-order valence-electron chi connectivity index (χ3n) is 10.8. The second-order valence-electron chi connectivity index (χ2n) is 18.0. The van der Waals surface area contributed by atoms with Crippen molar-refractivity contribution < 1.29 is 13.7 Å². The van der Waals surface area contributed by atoms with Gasteiger partial charge in [-0.25, -0.2) is 8.93 Å². The highest BCUT2D eigenvalue weighted by Gasteiger charge is 2.39. The molecule has 0 radical (unpaired) electrons. The van der Waals surface area contributed by atoms with Crippen molar-refractivity contribution in [3.63, 3.8) is 0 Å². The molecule has 3 aromatic rings. The Morgan fingerprint density at radius 3 is 1.75 bits per heavy atom. The van der Waals surface area contributed by atoms with Crippen molar-refractivity contribution in [3.05, 3.63) is 88.5 Å². The van der Waals surface area contributed by atoms with Crippen LogP contribution in [0.25, 0.3) is 0 Å². The maximum atomic E-state index is 14.3. The van der Waals surface area contributed by atoms with Crippen LogP contribution in [0.3, 0.4) is 0 Å². The summed E-state index contributed by atoms with van der Waals surface area (Å²) in [7, 11) is -0.0627. The van der Waals surface area contributed by atoms with E-state index in [0.29, 0.717) is 17.9 Å². The predicted molar refractivity (Wildman–Crippen MR) is 221 cm³/mol. The van der Waals surface area contributed by atoms with Crippen LogP contribution in [-0.2, 0) is 28.4 Å². The van der Waals surface area contributed by atoms with Crippen molar-refractivity contribution in [2.24, 2.45) is 0 Å². The van der Waals surface area contributed by atoms with Gasteiger partial charge in [-0.15, -0.1) is 0 Å². The van der Waals surface area contributed by atoms with Gasteiger partial charge in [0, 0.05) is 16.4 Å². The van der Waals surface area contributed by atoms with Crippen LogP contribution >= 0.6 is 7.92 Å². The highest BCUT2D eigenvalue weighted by atomic mass is 32.2. The molecule has 2 atom stereocenters. The first kappa shape index (κ1) is 40.0. The molecule has 4 nitrogen and oxygen atoms in total. The number of hydrogen-bond acceptors (Lipinski definition) is 3. The largest absolute Gasteiger partial charge is 0.496 e. The fraction of sp³-hybridized carbons (Fsp3) is 0.600. The normalized spacial score (nSPS) is 18.1. The summed E-state index contributed by atoms with van der Waals surface area (Å²) in [6.07, 6.45) is 13.1. The van der Waals surface area contributed by atoms with Gasteiger partial charge in [0.25, 0.3) is 0 Å². The van der Waals surface area contributed by atoms with Crippen LogP contribution in [0.2, 0.25) is 0 Å². The third-order valence-corrected chi connectivity index (χ3v) is 16.0. The molecule has 0 aromatic heterocycles. The van der Waals surface area contributed by atoms with Crippen LogP contribution in [0, 0.1) is 0 Å². The quantitative estimate of drug-likeness (QED) is 0.200. The van der Waals surface area contributed by atoms with Crippen LogP contribution in [0.1, 0.15) is 160 Å². The molecule has 3 aromatic carbocycles. The van der Waals surface area contributed by atoms with E-state index in [2.05, 4.69) is 128 Å². The zero-order valence-corrected chi connectivity index (χ0v) is 35.1. The van der Waals surface area contributed by atoms with Crippen LogP contribution in [0.15, 0.2) is 60.7 Å².